The molecule has 0 saturated heterocycles. The molecule has 0 radical (unpaired) electrons. The monoisotopic (exact) mass is 363 g/mol. The minimum Gasteiger partial charge on any atom is -0.484 e. The Morgan fingerprint density at radius 1 is 1.22 bits per heavy atom. The highest BCUT2D eigenvalue weighted by molar-refractivity contribution is 5.79. The third kappa shape index (κ3) is 3.79. The van der Waals surface area contributed by atoms with Gasteiger partial charge in [-0.1, -0.05) is 18.2 Å². The third-order valence-corrected chi connectivity index (χ3v) is 4.07. The van der Waals surface area contributed by atoms with E-state index in [4.69, 9.17) is 9.15 Å². The van der Waals surface area contributed by atoms with Crippen molar-refractivity contribution >= 4 is 16.9 Å². The number of benzene rings is 2. The van der Waals surface area contributed by atoms with Crippen LogP contribution in [0.3, 0.4) is 0 Å². The van der Waals surface area contributed by atoms with Crippen LogP contribution in [-0.2, 0) is 4.79 Å². The molecule has 136 valence electrons. The molecule has 27 heavy (non-hydrogen) atoms. The number of carbonyl (C=O) groups excluding carboxylic acids is 1. The average Bonchev–Trinajstić information content (AvgIpc) is 3.36. The van der Waals surface area contributed by atoms with E-state index in [1.54, 1.807) is 24.3 Å². The first-order valence-electron chi connectivity index (χ1n) is 8.43. The molecule has 1 amide bonds. The van der Waals surface area contributed by atoms with Gasteiger partial charge in [-0.3, -0.25) is 4.79 Å². The van der Waals surface area contributed by atoms with E-state index in [9.17, 15) is 4.79 Å². The molecular formula is C19H17N5O3. The lowest BCUT2D eigenvalue weighted by Crippen LogP contribution is -2.31. The number of nitrogens with zero attached hydrogens (tertiary/aromatic N) is 4. The van der Waals surface area contributed by atoms with Crippen LogP contribution < -0.4 is 10.1 Å². The van der Waals surface area contributed by atoms with Gasteiger partial charge in [-0.15, -0.1) is 5.10 Å². The van der Waals surface area contributed by atoms with Crippen LogP contribution in [-0.4, -0.2) is 32.7 Å². The number of hydrogen-bond acceptors (Lipinski definition) is 6. The molecular weight excluding hydrogens is 346 g/mol. The molecule has 0 aliphatic rings. The van der Waals surface area contributed by atoms with Gasteiger partial charge in [0.1, 0.15) is 23.4 Å². The second kappa shape index (κ2) is 7.28. The summed E-state index contributed by atoms with van der Waals surface area (Å²) in [6.07, 6.45) is 1.50. The van der Waals surface area contributed by atoms with E-state index in [0.29, 0.717) is 11.5 Å². The van der Waals surface area contributed by atoms with Crippen molar-refractivity contribution in [2.24, 2.45) is 0 Å². The Morgan fingerprint density at radius 3 is 2.78 bits per heavy atom. The number of para-hydroxylation sites is 1. The summed E-state index contributed by atoms with van der Waals surface area (Å²) in [7, 11) is 0. The SMILES string of the molecule is CC(NC(=O)COc1ccc(-n2cnnn2)cc1)c1cc2ccccc2o1. The number of aromatic nitrogens is 4. The standard InChI is InChI=1S/C19H17N5O3/c1-13(18-10-14-4-2-3-5-17(14)27-18)21-19(25)11-26-16-8-6-15(7-9-16)24-12-20-22-23-24/h2-10,12-13H,11H2,1H3,(H,21,25). The third-order valence-electron chi connectivity index (χ3n) is 4.07. The lowest BCUT2D eigenvalue weighted by molar-refractivity contribution is -0.123. The number of rotatable bonds is 6. The summed E-state index contributed by atoms with van der Waals surface area (Å²) in [6, 6.07) is 16.5. The summed E-state index contributed by atoms with van der Waals surface area (Å²) in [4.78, 5) is 12.2. The fourth-order valence-electron chi connectivity index (χ4n) is 2.69. The summed E-state index contributed by atoms with van der Waals surface area (Å²) in [5.74, 6) is 1.06. The van der Waals surface area contributed by atoms with Crippen molar-refractivity contribution < 1.29 is 13.9 Å². The van der Waals surface area contributed by atoms with Gasteiger partial charge in [0.15, 0.2) is 6.61 Å². The molecule has 2 aromatic carbocycles. The number of nitrogens with one attached hydrogen (secondary N) is 1. The normalized spacial score (nSPS) is 12.0. The van der Waals surface area contributed by atoms with Crippen molar-refractivity contribution in [3.63, 3.8) is 0 Å². The predicted molar refractivity (Wildman–Crippen MR) is 97.4 cm³/mol. The zero-order valence-corrected chi connectivity index (χ0v) is 14.6. The molecule has 0 fully saturated rings. The second-order valence-electron chi connectivity index (χ2n) is 6.01. The van der Waals surface area contributed by atoms with E-state index in [-0.39, 0.29) is 18.6 Å². The predicted octanol–water partition coefficient (Wildman–Crippen LogP) is 2.66. The maximum atomic E-state index is 12.2. The molecule has 4 aromatic rings. The molecule has 4 rings (SSSR count). The van der Waals surface area contributed by atoms with Gasteiger partial charge >= 0.3 is 0 Å². The number of fused-ring (bicyclic) bond motifs is 1. The molecule has 1 N–H and O–H groups in total. The van der Waals surface area contributed by atoms with Crippen molar-refractivity contribution in [2.75, 3.05) is 6.61 Å². The van der Waals surface area contributed by atoms with Crippen LogP contribution in [0.4, 0.5) is 0 Å². The molecule has 8 heteroatoms. The van der Waals surface area contributed by atoms with Crippen molar-refractivity contribution in [3.05, 3.63) is 66.7 Å². The Morgan fingerprint density at radius 2 is 2.04 bits per heavy atom. The molecule has 0 aliphatic carbocycles. The van der Waals surface area contributed by atoms with Crippen LogP contribution >= 0.6 is 0 Å². The molecule has 8 nitrogen and oxygen atoms in total. The van der Waals surface area contributed by atoms with E-state index in [2.05, 4.69) is 20.8 Å². The van der Waals surface area contributed by atoms with Gasteiger partial charge in [-0.2, -0.15) is 0 Å². The van der Waals surface area contributed by atoms with Crippen LogP contribution in [0.5, 0.6) is 5.75 Å². The zero-order chi connectivity index (χ0) is 18.6. The number of carbonyl (C=O) groups is 1. The molecule has 2 heterocycles. The maximum Gasteiger partial charge on any atom is 0.258 e. The van der Waals surface area contributed by atoms with Gasteiger partial charge in [0.25, 0.3) is 5.91 Å². The summed E-state index contributed by atoms with van der Waals surface area (Å²) in [5.41, 5.74) is 1.60. The van der Waals surface area contributed by atoms with Gasteiger partial charge in [0, 0.05) is 5.39 Å². The van der Waals surface area contributed by atoms with Gasteiger partial charge < -0.3 is 14.5 Å². The number of amides is 1. The lowest BCUT2D eigenvalue weighted by Gasteiger charge is -2.12. The van der Waals surface area contributed by atoms with Crippen molar-refractivity contribution in [1.82, 2.24) is 25.5 Å². The minimum atomic E-state index is -0.254. The largest absolute Gasteiger partial charge is 0.484 e. The van der Waals surface area contributed by atoms with Crippen molar-refractivity contribution in [2.45, 2.75) is 13.0 Å². The second-order valence-corrected chi connectivity index (χ2v) is 6.01. The Labute approximate surface area is 154 Å². The lowest BCUT2D eigenvalue weighted by atomic mass is 10.2. The molecule has 1 atom stereocenters. The average molecular weight is 363 g/mol. The van der Waals surface area contributed by atoms with Crippen LogP contribution in [0.1, 0.15) is 18.7 Å². The quantitative estimate of drug-likeness (QED) is 0.566. The summed E-state index contributed by atoms with van der Waals surface area (Å²) in [6.45, 7) is 1.78. The van der Waals surface area contributed by atoms with E-state index in [1.165, 1.54) is 11.0 Å². The highest BCUT2D eigenvalue weighted by Crippen LogP contribution is 2.23. The highest BCUT2D eigenvalue weighted by atomic mass is 16.5. The molecule has 0 bridgehead atoms. The molecule has 0 spiro atoms. The van der Waals surface area contributed by atoms with Gasteiger partial charge in [-0.25, -0.2) is 4.68 Å². The molecule has 1 unspecified atom stereocenters. The van der Waals surface area contributed by atoms with E-state index >= 15 is 0 Å². The summed E-state index contributed by atoms with van der Waals surface area (Å²) >= 11 is 0. The smallest absolute Gasteiger partial charge is 0.258 e. The van der Waals surface area contributed by atoms with E-state index in [0.717, 1.165) is 16.7 Å². The maximum absolute atomic E-state index is 12.2. The Bertz CT molecular complexity index is 1010. The molecule has 0 aliphatic heterocycles. The van der Waals surface area contributed by atoms with Gasteiger partial charge in [-0.05, 0) is 53.7 Å². The number of ether oxygens (including phenoxy) is 1. The minimum absolute atomic E-state index is 0.0885. The fraction of sp³-hybridized carbons (Fsp3) is 0.158. The topological polar surface area (TPSA) is 95.1 Å². The number of furan rings is 1. The van der Waals surface area contributed by atoms with Crippen LogP contribution in [0.15, 0.2) is 65.3 Å². The Kier molecular flexibility index (Phi) is 4.52. The van der Waals surface area contributed by atoms with Gasteiger partial charge in [0.05, 0.1) is 11.7 Å². The fourth-order valence-corrected chi connectivity index (χ4v) is 2.69. The number of hydrogen-bond donors (Lipinski definition) is 1. The first kappa shape index (κ1) is 16.8. The van der Waals surface area contributed by atoms with E-state index < -0.39 is 0 Å². The first-order chi connectivity index (χ1) is 13.2. The summed E-state index contributed by atoms with van der Waals surface area (Å²) in [5, 5.41) is 14.9. The van der Waals surface area contributed by atoms with Crippen molar-refractivity contribution in [1.29, 1.82) is 0 Å². The van der Waals surface area contributed by atoms with Crippen molar-refractivity contribution in [3.8, 4) is 11.4 Å². The van der Waals surface area contributed by atoms with Crippen LogP contribution in [0, 0.1) is 0 Å². The van der Waals surface area contributed by atoms with E-state index in [1.807, 2.05) is 37.3 Å². The van der Waals surface area contributed by atoms with Crippen LogP contribution in [0.2, 0.25) is 0 Å². The Balaban J connectivity index is 1.32. The Hall–Kier alpha value is -3.68. The summed E-state index contributed by atoms with van der Waals surface area (Å²) < 4.78 is 12.8. The molecule has 2 aromatic heterocycles. The first-order valence-corrected chi connectivity index (χ1v) is 8.43. The molecule has 0 saturated carbocycles. The van der Waals surface area contributed by atoms with Crippen LogP contribution in [0.25, 0.3) is 16.7 Å². The highest BCUT2D eigenvalue weighted by Gasteiger charge is 2.14. The van der Waals surface area contributed by atoms with Gasteiger partial charge in [0.2, 0.25) is 0 Å². The zero-order valence-electron chi connectivity index (χ0n) is 14.6. The number of tetrazole rings is 1.